The summed E-state index contributed by atoms with van der Waals surface area (Å²) >= 11 is 0. The van der Waals surface area contributed by atoms with Crippen LogP contribution in [0.2, 0.25) is 0 Å². The predicted octanol–water partition coefficient (Wildman–Crippen LogP) is 0.600. The molecule has 2 amide bonds. The van der Waals surface area contributed by atoms with Crippen LogP contribution in [0.1, 0.15) is 58.2 Å². The lowest BCUT2D eigenvalue weighted by Crippen LogP contribution is -2.49. The smallest absolute Gasteiger partial charge is 0.248 e. The maximum Gasteiger partial charge on any atom is 0.248 e. The molecule has 1 unspecified atom stereocenters. The van der Waals surface area contributed by atoms with Gasteiger partial charge < -0.3 is 20.2 Å². The average Bonchev–Trinajstić information content (AvgIpc) is 3.38. The Labute approximate surface area is 178 Å². The van der Waals surface area contributed by atoms with E-state index in [9.17, 15) is 14.7 Å². The molecule has 2 aliphatic heterocycles. The number of likely N-dealkylation sites (tertiary alicyclic amines) is 2. The van der Waals surface area contributed by atoms with E-state index in [0.717, 1.165) is 25.1 Å². The second-order valence-corrected chi connectivity index (χ2v) is 9.78. The van der Waals surface area contributed by atoms with E-state index >= 15 is 0 Å². The van der Waals surface area contributed by atoms with Crippen molar-refractivity contribution in [3.8, 4) is 0 Å². The van der Waals surface area contributed by atoms with E-state index in [4.69, 9.17) is 0 Å². The Hall–Kier alpha value is -2.00. The molecular formula is C21H36N6O3. The van der Waals surface area contributed by atoms with Gasteiger partial charge in [-0.25, -0.2) is 4.68 Å². The number of hydrogen-bond acceptors (Lipinski definition) is 6. The number of amides is 2. The molecule has 2 fully saturated rings. The number of aromatic nitrogens is 3. The predicted molar refractivity (Wildman–Crippen MR) is 113 cm³/mol. The minimum absolute atomic E-state index is 0.152. The van der Waals surface area contributed by atoms with Gasteiger partial charge in [0.15, 0.2) is 0 Å². The van der Waals surface area contributed by atoms with E-state index in [1.54, 1.807) is 11.7 Å². The summed E-state index contributed by atoms with van der Waals surface area (Å²) in [5, 5.41) is 21.3. The number of β-amino-alcohol motifs (C(OH)–C–C–N with tert-alkyl or cyclic N) is 1. The van der Waals surface area contributed by atoms with Gasteiger partial charge in [-0.15, -0.1) is 5.10 Å². The Bertz CT molecular complexity index is 758. The van der Waals surface area contributed by atoms with Crippen LogP contribution in [0, 0.1) is 5.41 Å². The fourth-order valence-corrected chi connectivity index (χ4v) is 4.72. The summed E-state index contributed by atoms with van der Waals surface area (Å²) in [5.74, 6) is -0.466. The van der Waals surface area contributed by atoms with E-state index < -0.39 is 23.6 Å². The normalized spacial score (nSPS) is 26.2. The summed E-state index contributed by atoms with van der Waals surface area (Å²) in [6.45, 7) is 7.23. The topological polar surface area (TPSA) is 104 Å². The number of aliphatic hydroxyl groups excluding tert-OH is 1. The van der Waals surface area contributed by atoms with Crippen molar-refractivity contribution in [2.45, 2.75) is 77.1 Å². The highest BCUT2D eigenvalue weighted by atomic mass is 16.3. The second kappa shape index (κ2) is 9.01. The van der Waals surface area contributed by atoms with Crippen molar-refractivity contribution in [3.63, 3.8) is 0 Å². The highest BCUT2D eigenvalue weighted by Gasteiger charge is 2.45. The molecule has 3 heterocycles. The van der Waals surface area contributed by atoms with Crippen molar-refractivity contribution in [3.05, 3.63) is 11.9 Å². The molecule has 9 heteroatoms. The Morgan fingerprint density at radius 1 is 1.37 bits per heavy atom. The lowest BCUT2D eigenvalue weighted by atomic mass is 9.85. The Morgan fingerprint density at radius 2 is 2.10 bits per heavy atom. The first-order chi connectivity index (χ1) is 14.1. The van der Waals surface area contributed by atoms with Gasteiger partial charge in [0, 0.05) is 32.3 Å². The monoisotopic (exact) mass is 420 g/mol. The highest BCUT2D eigenvalue weighted by molar-refractivity contribution is 5.90. The van der Waals surface area contributed by atoms with Crippen LogP contribution in [0.3, 0.4) is 0 Å². The minimum Gasteiger partial charge on any atom is -0.391 e. The van der Waals surface area contributed by atoms with Crippen molar-refractivity contribution in [2.24, 2.45) is 5.41 Å². The molecule has 2 aliphatic rings. The van der Waals surface area contributed by atoms with Gasteiger partial charge in [0.05, 0.1) is 11.8 Å². The van der Waals surface area contributed by atoms with Crippen molar-refractivity contribution in [2.75, 3.05) is 27.2 Å². The lowest BCUT2D eigenvalue weighted by molar-refractivity contribution is -0.144. The van der Waals surface area contributed by atoms with Crippen molar-refractivity contribution >= 4 is 11.8 Å². The third kappa shape index (κ3) is 4.83. The van der Waals surface area contributed by atoms with Gasteiger partial charge in [0.25, 0.3) is 0 Å². The molecule has 0 spiro atoms. The number of aryl methyl sites for hydroxylation is 1. The molecular weight excluding hydrogens is 384 g/mol. The number of hydrogen-bond donors (Lipinski definition) is 2. The molecule has 3 rings (SSSR count). The fraction of sp³-hybridized carbons (Fsp3) is 0.810. The number of carbonyl (C=O) groups is 2. The van der Waals surface area contributed by atoms with Gasteiger partial charge in [-0.05, 0) is 44.7 Å². The lowest BCUT2D eigenvalue weighted by Gasteiger charge is -2.34. The number of rotatable bonds is 6. The molecule has 0 saturated carbocycles. The first-order valence-electron chi connectivity index (χ1n) is 10.9. The van der Waals surface area contributed by atoms with Gasteiger partial charge in [-0.1, -0.05) is 26.0 Å². The number of carbonyl (C=O) groups excluding carboxylic acids is 2. The zero-order chi connectivity index (χ0) is 22.1. The molecule has 9 nitrogen and oxygen atoms in total. The van der Waals surface area contributed by atoms with Crippen LogP contribution >= 0.6 is 0 Å². The number of nitrogens with zero attached hydrogens (tertiary/aromatic N) is 5. The van der Waals surface area contributed by atoms with Gasteiger partial charge >= 0.3 is 0 Å². The number of likely N-dealkylation sites (N-methyl/N-ethyl adjacent to an activating group) is 1. The zero-order valence-corrected chi connectivity index (χ0v) is 18.8. The molecule has 1 aromatic heterocycles. The molecule has 0 bridgehead atoms. The van der Waals surface area contributed by atoms with Gasteiger partial charge in [-0.3, -0.25) is 9.59 Å². The van der Waals surface area contributed by atoms with Crippen LogP contribution in [-0.4, -0.2) is 87.1 Å². The summed E-state index contributed by atoms with van der Waals surface area (Å²) in [7, 11) is 3.71. The molecule has 0 aliphatic carbocycles. The molecule has 4 atom stereocenters. The van der Waals surface area contributed by atoms with Crippen LogP contribution in [0.25, 0.3) is 0 Å². The second-order valence-electron chi connectivity index (χ2n) is 9.78. The first kappa shape index (κ1) is 22.7. The maximum atomic E-state index is 13.5. The number of aliphatic hydroxyl groups is 1. The van der Waals surface area contributed by atoms with Crippen LogP contribution in [0.15, 0.2) is 6.20 Å². The minimum atomic E-state index is -0.702. The average molecular weight is 421 g/mol. The highest BCUT2D eigenvalue weighted by Crippen LogP contribution is 2.34. The molecule has 0 radical (unpaired) electrons. The van der Waals surface area contributed by atoms with E-state index in [1.165, 1.54) is 17.7 Å². The van der Waals surface area contributed by atoms with E-state index in [2.05, 4.69) is 27.6 Å². The summed E-state index contributed by atoms with van der Waals surface area (Å²) in [6.07, 6.45) is 5.72. The van der Waals surface area contributed by atoms with E-state index in [1.807, 2.05) is 27.0 Å². The SMILES string of the molecule is CNC(=O)[C@H]1C[C@H](O)CN1C(=O)[C@@H](n1cc(CCC2CCCN2C)nn1)C(C)(C)C. The molecule has 168 valence electrons. The van der Waals surface area contributed by atoms with Crippen LogP contribution in [-0.2, 0) is 16.0 Å². The Morgan fingerprint density at radius 3 is 2.70 bits per heavy atom. The quantitative estimate of drug-likeness (QED) is 0.699. The van der Waals surface area contributed by atoms with Gasteiger partial charge in [0.2, 0.25) is 11.8 Å². The van der Waals surface area contributed by atoms with E-state index in [-0.39, 0.29) is 24.8 Å². The summed E-state index contributed by atoms with van der Waals surface area (Å²) in [5.41, 5.74) is 0.441. The third-order valence-electron chi connectivity index (χ3n) is 6.39. The Balaban J connectivity index is 1.77. The summed E-state index contributed by atoms with van der Waals surface area (Å²) in [6, 6.07) is -0.691. The molecule has 0 aromatic carbocycles. The molecule has 1 aromatic rings. The number of nitrogens with one attached hydrogen (secondary N) is 1. The van der Waals surface area contributed by atoms with E-state index in [0.29, 0.717) is 6.04 Å². The third-order valence-corrected chi connectivity index (χ3v) is 6.39. The van der Waals surface area contributed by atoms with Crippen LogP contribution in [0.4, 0.5) is 0 Å². The largest absolute Gasteiger partial charge is 0.391 e. The maximum absolute atomic E-state index is 13.5. The van der Waals surface area contributed by atoms with Crippen molar-refractivity contribution in [1.82, 2.24) is 30.1 Å². The summed E-state index contributed by atoms with van der Waals surface area (Å²) < 4.78 is 1.64. The summed E-state index contributed by atoms with van der Waals surface area (Å²) in [4.78, 5) is 29.7. The van der Waals surface area contributed by atoms with Crippen LogP contribution < -0.4 is 5.32 Å². The Kier molecular flexibility index (Phi) is 6.81. The van der Waals surface area contributed by atoms with Gasteiger partial charge in [0.1, 0.15) is 12.1 Å². The van der Waals surface area contributed by atoms with Crippen molar-refractivity contribution < 1.29 is 14.7 Å². The standard InChI is InChI=1S/C21H36N6O3/c1-21(2,3)18(20(30)26-13-16(28)11-17(26)19(29)22-4)27-12-14(23-24-27)8-9-15-7-6-10-25(15)5/h12,15-18,28H,6-11,13H2,1-5H3,(H,22,29)/t15?,16-,17+,18+/m0/s1. The van der Waals surface area contributed by atoms with Crippen molar-refractivity contribution in [1.29, 1.82) is 0 Å². The van der Waals surface area contributed by atoms with Crippen LogP contribution in [0.5, 0.6) is 0 Å². The fourth-order valence-electron chi connectivity index (χ4n) is 4.72. The molecule has 2 saturated heterocycles. The molecule has 2 N–H and O–H groups in total. The first-order valence-corrected chi connectivity index (χ1v) is 10.9. The zero-order valence-electron chi connectivity index (χ0n) is 18.8. The molecule has 30 heavy (non-hydrogen) atoms. The van der Waals surface area contributed by atoms with Gasteiger partial charge in [-0.2, -0.15) is 0 Å².